The molecule has 3 rings (SSSR count). The van der Waals surface area contributed by atoms with Crippen LogP contribution in [-0.4, -0.2) is 44.1 Å². The molecule has 1 aliphatic heterocycles. The molecule has 0 atom stereocenters. The molecule has 0 spiro atoms. The maximum absolute atomic E-state index is 12.9. The lowest BCUT2D eigenvalue weighted by Crippen LogP contribution is -2.35. The summed E-state index contributed by atoms with van der Waals surface area (Å²) in [6.45, 7) is 0.494. The molecule has 6 heteroatoms. The number of hydrogen-bond donors (Lipinski definition) is 1. The zero-order valence-electron chi connectivity index (χ0n) is 14.7. The summed E-state index contributed by atoms with van der Waals surface area (Å²) in [6.07, 6.45) is 0. The second kappa shape index (κ2) is 7.84. The molecule has 0 aromatic heterocycles. The first kappa shape index (κ1) is 17.7. The third kappa shape index (κ3) is 3.45. The highest BCUT2D eigenvalue weighted by molar-refractivity contribution is 6.36. The van der Waals surface area contributed by atoms with E-state index in [0.717, 1.165) is 0 Å². The van der Waals surface area contributed by atoms with E-state index in [1.54, 1.807) is 31.4 Å². The van der Waals surface area contributed by atoms with Crippen molar-refractivity contribution in [2.45, 2.75) is 0 Å². The maximum Gasteiger partial charge on any atom is 0.278 e. The standard InChI is InChI=1S/C20H20N2O4/c1-25-13-12-22-19(23)17(14-6-4-3-5-7-14)18(20(22)24)21-15-8-10-16(26-2)11-9-15/h3-11,21H,12-13H2,1-2H3. The van der Waals surface area contributed by atoms with Crippen molar-refractivity contribution in [1.82, 2.24) is 4.90 Å². The van der Waals surface area contributed by atoms with Crippen LogP contribution in [0.25, 0.3) is 5.57 Å². The zero-order chi connectivity index (χ0) is 18.5. The minimum absolute atomic E-state index is 0.207. The number of imide groups is 1. The highest BCUT2D eigenvalue weighted by atomic mass is 16.5. The van der Waals surface area contributed by atoms with Crippen molar-refractivity contribution in [2.75, 3.05) is 32.7 Å². The van der Waals surface area contributed by atoms with Crippen molar-refractivity contribution in [3.63, 3.8) is 0 Å². The molecule has 1 aliphatic rings. The Labute approximate surface area is 152 Å². The van der Waals surface area contributed by atoms with Gasteiger partial charge in [-0.05, 0) is 29.8 Å². The summed E-state index contributed by atoms with van der Waals surface area (Å²) in [5.74, 6) is 0.0272. The molecule has 0 bridgehead atoms. The van der Waals surface area contributed by atoms with Crippen LogP contribution in [0.4, 0.5) is 5.69 Å². The van der Waals surface area contributed by atoms with Crippen LogP contribution in [0.15, 0.2) is 60.3 Å². The normalized spacial score (nSPS) is 14.2. The molecule has 26 heavy (non-hydrogen) atoms. The van der Waals surface area contributed by atoms with Gasteiger partial charge < -0.3 is 14.8 Å². The first-order chi connectivity index (χ1) is 12.7. The van der Waals surface area contributed by atoms with Crippen LogP contribution >= 0.6 is 0 Å². The summed E-state index contributed by atoms with van der Waals surface area (Å²) >= 11 is 0. The number of nitrogens with one attached hydrogen (secondary N) is 1. The number of carbonyl (C=O) groups excluding carboxylic acids is 2. The molecule has 0 saturated heterocycles. The minimum Gasteiger partial charge on any atom is -0.497 e. The van der Waals surface area contributed by atoms with E-state index in [1.165, 1.54) is 12.0 Å². The van der Waals surface area contributed by atoms with Gasteiger partial charge in [0, 0.05) is 12.8 Å². The second-order valence-electron chi connectivity index (χ2n) is 5.72. The largest absolute Gasteiger partial charge is 0.497 e. The smallest absolute Gasteiger partial charge is 0.278 e. The van der Waals surface area contributed by atoms with Gasteiger partial charge in [0.15, 0.2) is 0 Å². The van der Waals surface area contributed by atoms with Gasteiger partial charge >= 0.3 is 0 Å². The van der Waals surface area contributed by atoms with E-state index in [9.17, 15) is 9.59 Å². The molecule has 0 aliphatic carbocycles. The molecule has 1 N–H and O–H groups in total. The lowest BCUT2D eigenvalue weighted by Gasteiger charge is -2.14. The first-order valence-corrected chi connectivity index (χ1v) is 8.21. The zero-order valence-corrected chi connectivity index (χ0v) is 14.7. The van der Waals surface area contributed by atoms with E-state index in [0.29, 0.717) is 22.6 Å². The monoisotopic (exact) mass is 352 g/mol. The van der Waals surface area contributed by atoms with Gasteiger partial charge in [-0.1, -0.05) is 30.3 Å². The molecule has 0 unspecified atom stereocenters. The van der Waals surface area contributed by atoms with Gasteiger partial charge in [0.1, 0.15) is 11.4 Å². The molecular weight excluding hydrogens is 332 g/mol. The van der Waals surface area contributed by atoms with Crippen molar-refractivity contribution < 1.29 is 19.1 Å². The van der Waals surface area contributed by atoms with E-state index in [2.05, 4.69) is 5.32 Å². The predicted molar refractivity (Wildman–Crippen MR) is 98.6 cm³/mol. The Bertz CT molecular complexity index is 829. The fourth-order valence-corrected chi connectivity index (χ4v) is 2.77. The van der Waals surface area contributed by atoms with Gasteiger partial charge in [-0.15, -0.1) is 0 Å². The summed E-state index contributed by atoms with van der Waals surface area (Å²) in [5, 5.41) is 3.10. The van der Waals surface area contributed by atoms with E-state index in [1.807, 2.05) is 30.3 Å². The van der Waals surface area contributed by atoms with Gasteiger partial charge in [0.2, 0.25) is 0 Å². The van der Waals surface area contributed by atoms with Crippen molar-refractivity contribution in [3.8, 4) is 5.75 Å². The molecule has 6 nitrogen and oxygen atoms in total. The summed E-state index contributed by atoms with van der Waals surface area (Å²) in [4.78, 5) is 26.9. The van der Waals surface area contributed by atoms with Crippen molar-refractivity contribution in [2.24, 2.45) is 0 Å². The molecule has 2 aromatic carbocycles. The van der Waals surface area contributed by atoms with Crippen molar-refractivity contribution >= 4 is 23.1 Å². The van der Waals surface area contributed by atoms with Crippen molar-refractivity contribution in [1.29, 1.82) is 0 Å². The molecule has 2 aromatic rings. The van der Waals surface area contributed by atoms with Crippen LogP contribution < -0.4 is 10.1 Å². The average Bonchev–Trinajstić information content (AvgIpc) is 2.91. The number of amides is 2. The summed E-state index contributed by atoms with van der Waals surface area (Å²) < 4.78 is 10.2. The molecule has 1 heterocycles. The summed E-state index contributed by atoms with van der Waals surface area (Å²) in [7, 11) is 3.12. The molecular formula is C20H20N2O4. The topological polar surface area (TPSA) is 67.9 Å². The van der Waals surface area contributed by atoms with Crippen LogP contribution in [0, 0.1) is 0 Å². The van der Waals surface area contributed by atoms with E-state index >= 15 is 0 Å². The molecule has 0 fully saturated rings. The lowest BCUT2D eigenvalue weighted by atomic mass is 10.0. The Morgan fingerprint density at radius 3 is 2.23 bits per heavy atom. The molecule has 2 amide bonds. The summed E-state index contributed by atoms with van der Waals surface area (Å²) in [5.41, 5.74) is 2.02. The van der Waals surface area contributed by atoms with Crippen LogP contribution in [0.3, 0.4) is 0 Å². The van der Waals surface area contributed by atoms with Gasteiger partial charge in [0.25, 0.3) is 11.8 Å². The van der Waals surface area contributed by atoms with Crippen LogP contribution in [0.5, 0.6) is 5.75 Å². The first-order valence-electron chi connectivity index (χ1n) is 8.21. The van der Waals surface area contributed by atoms with Gasteiger partial charge in [0.05, 0.1) is 25.8 Å². The van der Waals surface area contributed by atoms with Crippen molar-refractivity contribution in [3.05, 3.63) is 65.9 Å². The van der Waals surface area contributed by atoms with E-state index in [-0.39, 0.29) is 30.7 Å². The highest BCUT2D eigenvalue weighted by Crippen LogP contribution is 2.30. The molecule has 0 saturated carbocycles. The fraction of sp³-hybridized carbons (Fsp3) is 0.200. The van der Waals surface area contributed by atoms with Crippen LogP contribution in [0.1, 0.15) is 5.56 Å². The maximum atomic E-state index is 12.9. The summed E-state index contributed by atoms with van der Waals surface area (Å²) in [6, 6.07) is 16.3. The molecule has 134 valence electrons. The number of methoxy groups -OCH3 is 2. The lowest BCUT2D eigenvalue weighted by molar-refractivity contribution is -0.137. The second-order valence-corrected chi connectivity index (χ2v) is 5.72. The Kier molecular flexibility index (Phi) is 5.34. The number of carbonyl (C=O) groups is 2. The van der Waals surface area contributed by atoms with E-state index < -0.39 is 0 Å². The highest BCUT2D eigenvalue weighted by Gasteiger charge is 2.38. The van der Waals surface area contributed by atoms with Gasteiger partial charge in [-0.3, -0.25) is 14.5 Å². The number of hydrogen-bond acceptors (Lipinski definition) is 5. The minimum atomic E-state index is -0.360. The predicted octanol–water partition coefficient (Wildman–Crippen LogP) is 2.53. The SMILES string of the molecule is COCCN1C(=O)C(Nc2ccc(OC)cc2)=C(c2ccccc2)C1=O. The Balaban J connectivity index is 1.98. The number of rotatable bonds is 7. The number of benzene rings is 2. The van der Waals surface area contributed by atoms with Crippen LogP contribution in [0.2, 0.25) is 0 Å². The Morgan fingerprint density at radius 2 is 1.62 bits per heavy atom. The number of ether oxygens (including phenoxy) is 2. The average molecular weight is 352 g/mol. The van der Waals surface area contributed by atoms with E-state index in [4.69, 9.17) is 9.47 Å². The van der Waals surface area contributed by atoms with Crippen LogP contribution in [-0.2, 0) is 14.3 Å². The van der Waals surface area contributed by atoms with Gasteiger partial charge in [-0.2, -0.15) is 0 Å². The quantitative estimate of drug-likeness (QED) is 0.776. The van der Waals surface area contributed by atoms with Gasteiger partial charge in [-0.25, -0.2) is 0 Å². The fourth-order valence-electron chi connectivity index (χ4n) is 2.77. The number of nitrogens with zero attached hydrogens (tertiary/aromatic N) is 1. The Hall–Kier alpha value is -3.12. The third-order valence-corrected chi connectivity index (χ3v) is 4.11. The number of anilines is 1. The molecule has 0 radical (unpaired) electrons. The Morgan fingerprint density at radius 1 is 0.923 bits per heavy atom. The third-order valence-electron chi connectivity index (χ3n) is 4.11.